The molecule has 21 heavy (non-hydrogen) atoms. The maximum atomic E-state index is 7.59. The van der Waals surface area contributed by atoms with Gasteiger partial charge in [0, 0.05) is 21.4 Å². The van der Waals surface area contributed by atoms with Crippen molar-refractivity contribution in [3.8, 4) is 21.8 Å². The number of nitrogens with one attached hydrogen (secondary N) is 1. The standard InChI is InChI=1S/C16H15N3S2/c1-2-13-11(8-14(21-13)15(17)18)16-19-12(9-20-16)10-6-4-3-5-7-10/h3-9H,2H2,1H3,(H3,17,18). The second-order valence-corrected chi connectivity index (χ2v) is 6.61. The lowest BCUT2D eigenvalue weighted by Gasteiger charge is -1.97. The molecule has 0 aliphatic carbocycles. The Morgan fingerprint density at radius 1 is 1.29 bits per heavy atom. The highest BCUT2D eigenvalue weighted by Gasteiger charge is 2.14. The topological polar surface area (TPSA) is 62.8 Å². The molecule has 0 radical (unpaired) electrons. The van der Waals surface area contributed by atoms with Gasteiger partial charge in [-0.1, -0.05) is 37.3 Å². The zero-order valence-electron chi connectivity index (χ0n) is 11.6. The summed E-state index contributed by atoms with van der Waals surface area (Å²) in [7, 11) is 0. The van der Waals surface area contributed by atoms with Gasteiger partial charge in [0.05, 0.1) is 10.6 Å². The number of nitrogens with zero attached hydrogens (tertiary/aromatic N) is 1. The van der Waals surface area contributed by atoms with Gasteiger partial charge >= 0.3 is 0 Å². The Morgan fingerprint density at radius 2 is 2.05 bits per heavy atom. The molecule has 3 aromatic rings. The number of thiazole rings is 1. The molecule has 0 saturated heterocycles. The number of thiophene rings is 1. The molecule has 3 nitrogen and oxygen atoms in total. The first-order valence-corrected chi connectivity index (χ1v) is 8.37. The number of aromatic nitrogens is 1. The van der Waals surface area contributed by atoms with Gasteiger partial charge in [-0.05, 0) is 12.5 Å². The van der Waals surface area contributed by atoms with Gasteiger partial charge in [-0.25, -0.2) is 4.98 Å². The number of hydrogen-bond donors (Lipinski definition) is 2. The van der Waals surface area contributed by atoms with Crippen LogP contribution in [0.25, 0.3) is 21.8 Å². The number of aryl methyl sites for hydroxylation is 1. The Morgan fingerprint density at radius 3 is 2.71 bits per heavy atom. The molecule has 0 fully saturated rings. The maximum absolute atomic E-state index is 7.59. The molecule has 0 unspecified atom stereocenters. The van der Waals surface area contributed by atoms with Gasteiger partial charge in [0.25, 0.3) is 0 Å². The third-order valence-electron chi connectivity index (χ3n) is 3.20. The summed E-state index contributed by atoms with van der Waals surface area (Å²) in [6, 6.07) is 12.2. The number of nitrogens with two attached hydrogens (primary N) is 1. The van der Waals surface area contributed by atoms with E-state index in [0.29, 0.717) is 0 Å². The van der Waals surface area contributed by atoms with Crippen LogP contribution in [0.3, 0.4) is 0 Å². The van der Waals surface area contributed by atoms with Crippen LogP contribution in [0.15, 0.2) is 41.8 Å². The molecule has 0 spiro atoms. The van der Waals surface area contributed by atoms with Crippen molar-refractivity contribution in [2.75, 3.05) is 0 Å². The van der Waals surface area contributed by atoms with Crippen LogP contribution in [0, 0.1) is 5.41 Å². The Hall–Kier alpha value is -1.98. The number of benzene rings is 1. The Kier molecular flexibility index (Phi) is 3.86. The second-order valence-electron chi connectivity index (χ2n) is 4.62. The molecule has 0 aliphatic heterocycles. The normalized spacial score (nSPS) is 10.7. The fourth-order valence-corrected chi connectivity index (χ4v) is 4.04. The van der Waals surface area contributed by atoms with Crippen LogP contribution in [0.2, 0.25) is 0 Å². The average molecular weight is 313 g/mol. The van der Waals surface area contributed by atoms with Crippen molar-refractivity contribution in [3.63, 3.8) is 0 Å². The van der Waals surface area contributed by atoms with E-state index in [9.17, 15) is 0 Å². The van der Waals surface area contributed by atoms with Gasteiger partial charge in [0.1, 0.15) is 10.8 Å². The first kappa shape index (κ1) is 14.0. The van der Waals surface area contributed by atoms with Crippen molar-refractivity contribution in [2.24, 2.45) is 5.73 Å². The van der Waals surface area contributed by atoms with Gasteiger partial charge in [0.15, 0.2) is 0 Å². The van der Waals surface area contributed by atoms with Gasteiger partial charge in [-0.3, -0.25) is 5.41 Å². The number of hydrogen-bond acceptors (Lipinski definition) is 4. The Labute approximate surface area is 131 Å². The minimum atomic E-state index is 0.126. The lowest BCUT2D eigenvalue weighted by atomic mass is 10.2. The lowest BCUT2D eigenvalue weighted by molar-refractivity contribution is 1.18. The summed E-state index contributed by atoms with van der Waals surface area (Å²) < 4.78 is 0. The van der Waals surface area contributed by atoms with E-state index in [-0.39, 0.29) is 5.84 Å². The SMILES string of the molecule is CCc1sc(C(=N)N)cc1-c1nc(-c2ccccc2)cs1. The maximum Gasteiger partial charge on any atom is 0.133 e. The zero-order valence-corrected chi connectivity index (χ0v) is 13.2. The van der Waals surface area contributed by atoms with Crippen LogP contribution in [0.1, 0.15) is 16.7 Å². The molecule has 106 valence electrons. The summed E-state index contributed by atoms with van der Waals surface area (Å²) in [6.45, 7) is 2.12. The van der Waals surface area contributed by atoms with Crippen molar-refractivity contribution in [3.05, 3.63) is 51.5 Å². The van der Waals surface area contributed by atoms with E-state index in [1.807, 2.05) is 24.3 Å². The molecule has 0 amide bonds. The Bertz CT molecular complexity index is 772. The molecule has 0 aliphatic rings. The lowest BCUT2D eigenvalue weighted by Crippen LogP contribution is -2.08. The predicted octanol–water partition coefficient (Wildman–Crippen LogP) is 4.39. The summed E-state index contributed by atoms with van der Waals surface area (Å²) >= 11 is 3.22. The molecule has 1 aromatic carbocycles. The molecule has 3 rings (SSSR count). The minimum Gasteiger partial charge on any atom is -0.383 e. The molecule has 2 aromatic heterocycles. The number of amidine groups is 1. The third kappa shape index (κ3) is 2.75. The van der Waals surface area contributed by atoms with Crippen LogP contribution >= 0.6 is 22.7 Å². The van der Waals surface area contributed by atoms with E-state index >= 15 is 0 Å². The van der Waals surface area contributed by atoms with Crippen LogP contribution in [0.5, 0.6) is 0 Å². The Balaban J connectivity index is 2.02. The van der Waals surface area contributed by atoms with Gasteiger partial charge in [-0.2, -0.15) is 0 Å². The molecule has 2 heterocycles. The molecular formula is C16H15N3S2. The first-order chi connectivity index (χ1) is 10.2. The summed E-state index contributed by atoms with van der Waals surface area (Å²) in [6.07, 6.45) is 0.924. The molecule has 0 bridgehead atoms. The summed E-state index contributed by atoms with van der Waals surface area (Å²) in [5.41, 5.74) is 8.83. The summed E-state index contributed by atoms with van der Waals surface area (Å²) in [5, 5.41) is 10.7. The fraction of sp³-hybridized carbons (Fsp3) is 0.125. The van der Waals surface area contributed by atoms with Crippen LogP contribution in [0.4, 0.5) is 0 Å². The van der Waals surface area contributed by atoms with Crippen LogP contribution in [-0.2, 0) is 6.42 Å². The highest BCUT2D eigenvalue weighted by molar-refractivity contribution is 7.16. The van der Waals surface area contributed by atoms with E-state index in [4.69, 9.17) is 16.1 Å². The summed E-state index contributed by atoms with van der Waals surface area (Å²) in [5.74, 6) is 0.126. The molecule has 0 saturated carbocycles. The molecule has 5 heteroatoms. The van der Waals surface area contributed by atoms with Crippen molar-refractivity contribution in [1.82, 2.24) is 4.98 Å². The van der Waals surface area contributed by atoms with Crippen molar-refractivity contribution >= 4 is 28.5 Å². The van der Waals surface area contributed by atoms with Crippen LogP contribution < -0.4 is 5.73 Å². The third-order valence-corrected chi connectivity index (χ3v) is 5.39. The van der Waals surface area contributed by atoms with E-state index in [1.165, 1.54) is 4.88 Å². The van der Waals surface area contributed by atoms with Gasteiger partial charge < -0.3 is 5.73 Å². The first-order valence-electron chi connectivity index (χ1n) is 6.67. The minimum absolute atomic E-state index is 0.126. The molecular weight excluding hydrogens is 298 g/mol. The molecule has 0 atom stereocenters. The largest absolute Gasteiger partial charge is 0.383 e. The molecule has 3 N–H and O–H groups in total. The zero-order chi connectivity index (χ0) is 14.8. The fourth-order valence-electron chi connectivity index (χ4n) is 2.14. The monoisotopic (exact) mass is 313 g/mol. The van der Waals surface area contributed by atoms with Crippen LogP contribution in [-0.4, -0.2) is 10.8 Å². The highest BCUT2D eigenvalue weighted by atomic mass is 32.1. The van der Waals surface area contributed by atoms with Gasteiger partial charge in [0.2, 0.25) is 0 Å². The predicted molar refractivity (Wildman–Crippen MR) is 91.3 cm³/mol. The highest BCUT2D eigenvalue weighted by Crippen LogP contribution is 2.35. The second kappa shape index (κ2) is 5.79. The number of nitrogen functional groups attached to an aromatic ring is 1. The van der Waals surface area contributed by atoms with E-state index in [2.05, 4.69) is 24.4 Å². The quantitative estimate of drug-likeness (QED) is 0.554. The van der Waals surface area contributed by atoms with E-state index < -0.39 is 0 Å². The van der Waals surface area contributed by atoms with E-state index in [1.54, 1.807) is 22.7 Å². The van der Waals surface area contributed by atoms with Crippen molar-refractivity contribution in [1.29, 1.82) is 5.41 Å². The smallest absolute Gasteiger partial charge is 0.133 e. The summed E-state index contributed by atoms with van der Waals surface area (Å²) in [4.78, 5) is 6.79. The van der Waals surface area contributed by atoms with Crippen molar-refractivity contribution < 1.29 is 0 Å². The van der Waals surface area contributed by atoms with E-state index in [0.717, 1.165) is 33.1 Å². The van der Waals surface area contributed by atoms with Gasteiger partial charge in [-0.15, -0.1) is 22.7 Å². The number of rotatable bonds is 4. The average Bonchev–Trinajstić information content (AvgIpc) is 3.14. The van der Waals surface area contributed by atoms with Crippen molar-refractivity contribution in [2.45, 2.75) is 13.3 Å².